The van der Waals surface area contributed by atoms with Crippen LogP contribution in [0.25, 0.3) is 0 Å². The molecule has 1 rings (SSSR count). The van der Waals surface area contributed by atoms with Gasteiger partial charge in [0.25, 0.3) is 0 Å². The zero-order valence-electron chi connectivity index (χ0n) is 11.5. The van der Waals surface area contributed by atoms with Gasteiger partial charge in [0, 0.05) is 0 Å². The Labute approximate surface area is 115 Å². The van der Waals surface area contributed by atoms with E-state index in [1.54, 1.807) is 6.92 Å². The lowest BCUT2D eigenvalue weighted by Crippen LogP contribution is -2.17. The Morgan fingerprint density at radius 3 is 2.35 bits per heavy atom. The summed E-state index contributed by atoms with van der Waals surface area (Å²) in [4.78, 5) is 10.8. The van der Waals surface area contributed by atoms with E-state index < -0.39 is 23.3 Å². The second-order valence-corrected chi connectivity index (χ2v) is 5.07. The smallest absolute Gasteiger partial charge is 0.417 e. The Morgan fingerprint density at radius 2 is 1.90 bits per heavy atom. The first-order valence-electron chi connectivity index (χ1n) is 6.22. The third-order valence-corrected chi connectivity index (χ3v) is 2.67. The molecule has 1 aromatic rings. The van der Waals surface area contributed by atoms with Crippen LogP contribution in [0.2, 0.25) is 0 Å². The lowest BCUT2D eigenvalue weighted by atomic mass is 10.1. The number of hydrogen-bond acceptors (Lipinski definition) is 2. The number of carboxylic acids is 1. The number of carboxylic acid groups (broad SMARTS) is 1. The van der Waals surface area contributed by atoms with E-state index in [2.05, 4.69) is 0 Å². The lowest BCUT2D eigenvalue weighted by molar-refractivity contribution is -0.138. The third kappa shape index (κ3) is 4.43. The van der Waals surface area contributed by atoms with Gasteiger partial charge < -0.3 is 9.84 Å². The van der Waals surface area contributed by atoms with E-state index in [1.165, 1.54) is 6.07 Å². The zero-order chi connectivity index (χ0) is 15.5. The number of carbonyl (C=O) groups is 1. The molecule has 0 aromatic heterocycles. The molecule has 1 unspecified atom stereocenters. The molecule has 0 radical (unpaired) electrons. The monoisotopic (exact) mass is 290 g/mol. The van der Waals surface area contributed by atoms with Crippen molar-refractivity contribution in [3.8, 4) is 5.75 Å². The summed E-state index contributed by atoms with van der Waals surface area (Å²) in [6.07, 6.45) is -4.28. The van der Waals surface area contributed by atoms with Crippen molar-refractivity contribution in [3.63, 3.8) is 0 Å². The Morgan fingerprint density at radius 1 is 1.30 bits per heavy atom. The average Bonchev–Trinajstić information content (AvgIpc) is 2.25. The van der Waals surface area contributed by atoms with Crippen molar-refractivity contribution in [1.29, 1.82) is 0 Å². The minimum absolute atomic E-state index is 0.0236. The standard InChI is InChI=1S/C14H17F3O3/c1-8(2)6-9(3)20-10-4-5-11(13(18)19)12(7-10)14(15,16)17/h4-5,7-9H,6H2,1-3H3,(H,18,19). The van der Waals surface area contributed by atoms with Crippen LogP contribution in [0.1, 0.15) is 43.1 Å². The van der Waals surface area contributed by atoms with Crippen LogP contribution in [0.4, 0.5) is 13.2 Å². The van der Waals surface area contributed by atoms with Crippen LogP contribution in [0.3, 0.4) is 0 Å². The second-order valence-electron chi connectivity index (χ2n) is 5.07. The molecular weight excluding hydrogens is 273 g/mol. The van der Waals surface area contributed by atoms with Crippen LogP contribution < -0.4 is 4.74 Å². The molecule has 0 aliphatic rings. The fourth-order valence-corrected chi connectivity index (χ4v) is 1.96. The molecule has 0 heterocycles. The van der Waals surface area contributed by atoms with Gasteiger partial charge in [-0.2, -0.15) is 13.2 Å². The first-order valence-corrected chi connectivity index (χ1v) is 6.22. The first kappa shape index (κ1) is 16.3. The summed E-state index contributed by atoms with van der Waals surface area (Å²) in [6.45, 7) is 5.72. The summed E-state index contributed by atoms with van der Waals surface area (Å²) >= 11 is 0. The number of alkyl halides is 3. The molecule has 20 heavy (non-hydrogen) atoms. The average molecular weight is 290 g/mol. The molecule has 1 atom stereocenters. The van der Waals surface area contributed by atoms with Crippen molar-refractivity contribution in [2.45, 2.75) is 39.5 Å². The minimum Gasteiger partial charge on any atom is -0.491 e. The molecule has 1 aromatic carbocycles. The van der Waals surface area contributed by atoms with Gasteiger partial charge in [-0.3, -0.25) is 0 Å². The largest absolute Gasteiger partial charge is 0.491 e. The maximum absolute atomic E-state index is 12.8. The van der Waals surface area contributed by atoms with Crippen molar-refractivity contribution in [2.24, 2.45) is 5.92 Å². The molecule has 0 amide bonds. The number of ether oxygens (including phenoxy) is 1. The summed E-state index contributed by atoms with van der Waals surface area (Å²) in [7, 11) is 0. The molecule has 0 bridgehead atoms. The van der Waals surface area contributed by atoms with Crippen LogP contribution in [-0.4, -0.2) is 17.2 Å². The lowest BCUT2D eigenvalue weighted by Gasteiger charge is -2.18. The highest BCUT2D eigenvalue weighted by atomic mass is 19.4. The van der Waals surface area contributed by atoms with E-state index in [9.17, 15) is 18.0 Å². The molecule has 0 spiro atoms. The van der Waals surface area contributed by atoms with Crippen molar-refractivity contribution in [1.82, 2.24) is 0 Å². The van der Waals surface area contributed by atoms with E-state index in [4.69, 9.17) is 9.84 Å². The van der Waals surface area contributed by atoms with Gasteiger partial charge in [-0.05, 0) is 37.5 Å². The fraction of sp³-hybridized carbons (Fsp3) is 0.500. The van der Waals surface area contributed by atoms with Crippen LogP contribution in [0.5, 0.6) is 5.75 Å². The SMILES string of the molecule is CC(C)CC(C)Oc1ccc(C(=O)O)c(C(F)(F)F)c1. The number of hydrogen-bond donors (Lipinski definition) is 1. The van der Waals surface area contributed by atoms with E-state index in [-0.39, 0.29) is 11.9 Å². The maximum atomic E-state index is 12.8. The summed E-state index contributed by atoms with van der Waals surface area (Å²) < 4.78 is 43.9. The summed E-state index contributed by atoms with van der Waals surface area (Å²) in [5.74, 6) is -1.24. The summed E-state index contributed by atoms with van der Waals surface area (Å²) in [5, 5.41) is 8.78. The Hall–Kier alpha value is -1.72. The topological polar surface area (TPSA) is 46.5 Å². The Balaban J connectivity index is 3.04. The second kappa shape index (κ2) is 6.15. The third-order valence-electron chi connectivity index (χ3n) is 2.67. The molecule has 0 aliphatic carbocycles. The number of benzene rings is 1. The highest BCUT2D eigenvalue weighted by Gasteiger charge is 2.35. The van der Waals surface area contributed by atoms with E-state index >= 15 is 0 Å². The molecule has 0 saturated heterocycles. The first-order chi connectivity index (χ1) is 9.11. The van der Waals surface area contributed by atoms with Crippen molar-refractivity contribution in [3.05, 3.63) is 29.3 Å². The van der Waals surface area contributed by atoms with E-state index in [1.807, 2.05) is 13.8 Å². The zero-order valence-corrected chi connectivity index (χ0v) is 11.5. The van der Waals surface area contributed by atoms with Crippen molar-refractivity contribution in [2.75, 3.05) is 0 Å². The molecule has 6 heteroatoms. The molecule has 112 valence electrons. The summed E-state index contributed by atoms with van der Waals surface area (Å²) in [5.41, 5.74) is -1.97. The maximum Gasteiger partial charge on any atom is 0.417 e. The van der Waals surface area contributed by atoms with Gasteiger partial charge in [0.05, 0.1) is 17.2 Å². The quantitative estimate of drug-likeness (QED) is 0.883. The van der Waals surface area contributed by atoms with Gasteiger partial charge in [-0.25, -0.2) is 4.79 Å². The fourth-order valence-electron chi connectivity index (χ4n) is 1.96. The Bertz CT molecular complexity index is 481. The number of halogens is 3. The van der Waals surface area contributed by atoms with E-state index in [0.29, 0.717) is 12.3 Å². The number of aromatic carboxylic acids is 1. The molecule has 0 saturated carbocycles. The van der Waals surface area contributed by atoms with Gasteiger partial charge in [0.2, 0.25) is 0 Å². The Kier molecular flexibility index (Phi) is 5.03. The molecule has 3 nitrogen and oxygen atoms in total. The van der Waals surface area contributed by atoms with Crippen molar-refractivity contribution < 1.29 is 27.8 Å². The van der Waals surface area contributed by atoms with E-state index in [0.717, 1.165) is 12.1 Å². The van der Waals surface area contributed by atoms with Gasteiger partial charge in [-0.15, -0.1) is 0 Å². The normalized spacial score (nSPS) is 13.3. The van der Waals surface area contributed by atoms with Gasteiger partial charge in [0.1, 0.15) is 5.75 Å². The van der Waals surface area contributed by atoms with Crippen molar-refractivity contribution >= 4 is 5.97 Å². The van der Waals surface area contributed by atoms with Gasteiger partial charge in [-0.1, -0.05) is 13.8 Å². The highest BCUT2D eigenvalue weighted by Crippen LogP contribution is 2.34. The summed E-state index contributed by atoms with van der Waals surface area (Å²) in [6, 6.07) is 2.90. The van der Waals surface area contributed by atoms with Crippen LogP contribution >= 0.6 is 0 Å². The van der Waals surface area contributed by atoms with Gasteiger partial charge in [0.15, 0.2) is 0 Å². The predicted molar refractivity (Wildman–Crippen MR) is 67.9 cm³/mol. The molecule has 0 fully saturated rings. The highest BCUT2D eigenvalue weighted by molar-refractivity contribution is 5.89. The number of rotatable bonds is 5. The molecular formula is C14H17F3O3. The van der Waals surface area contributed by atoms with Crippen LogP contribution in [0.15, 0.2) is 18.2 Å². The van der Waals surface area contributed by atoms with Crippen LogP contribution in [0, 0.1) is 5.92 Å². The minimum atomic E-state index is -4.73. The van der Waals surface area contributed by atoms with Gasteiger partial charge >= 0.3 is 12.1 Å². The molecule has 1 N–H and O–H groups in total. The van der Waals surface area contributed by atoms with Crippen LogP contribution in [-0.2, 0) is 6.18 Å². The predicted octanol–water partition coefficient (Wildman–Crippen LogP) is 4.22. The molecule has 0 aliphatic heterocycles.